The van der Waals surface area contributed by atoms with Crippen LogP contribution in [0.25, 0.3) is 0 Å². The predicted molar refractivity (Wildman–Crippen MR) is 71.6 cm³/mol. The highest BCUT2D eigenvalue weighted by molar-refractivity contribution is 5.25. The summed E-state index contributed by atoms with van der Waals surface area (Å²) >= 11 is 0. The van der Waals surface area contributed by atoms with Crippen LogP contribution in [0.5, 0.6) is 0 Å². The molecule has 2 rings (SSSR count). The molecule has 0 aliphatic carbocycles. The standard InChI is InChI=1S/C14H18N4/c1-11-7-9-16-10-13(11)14(18-15)6-5-12-4-2-3-8-17-12/h2-4,7-10,14,18H,5-6,15H2,1H3. The molecule has 0 bridgehead atoms. The number of hydrogen-bond acceptors (Lipinski definition) is 4. The van der Waals surface area contributed by atoms with Crippen molar-refractivity contribution in [2.45, 2.75) is 25.8 Å². The van der Waals surface area contributed by atoms with Crippen LogP contribution in [-0.2, 0) is 6.42 Å². The SMILES string of the molecule is Cc1ccncc1C(CCc1ccccn1)NN. The van der Waals surface area contributed by atoms with Crippen LogP contribution in [-0.4, -0.2) is 9.97 Å². The van der Waals surface area contributed by atoms with E-state index in [1.807, 2.05) is 36.7 Å². The lowest BCUT2D eigenvalue weighted by molar-refractivity contribution is 0.510. The molecule has 3 N–H and O–H groups in total. The van der Waals surface area contributed by atoms with Gasteiger partial charge in [0.2, 0.25) is 0 Å². The molecule has 0 radical (unpaired) electrons. The number of rotatable bonds is 5. The van der Waals surface area contributed by atoms with Gasteiger partial charge in [0.15, 0.2) is 0 Å². The number of nitrogens with two attached hydrogens (primary N) is 1. The molecular weight excluding hydrogens is 224 g/mol. The average Bonchev–Trinajstić information content (AvgIpc) is 2.42. The van der Waals surface area contributed by atoms with E-state index in [4.69, 9.17) is 5.84 Å². The molecule has 1 unspecified atom stereocenters. The normalized spacial score (nSPS) is 12.3. The van der Waals surface area contributed by atoms with Crippen molar-refractivity contribution in [3.05, 3.63) is 59.7 Å². The summed E-state index contributed by atoms with van der Waals surface area (Å²) in [5.41, 5.74) is 6.30. The number of aryl methyl sites for hydroxylation is 2. The maximum Gasteiger partial charge on any atom is 0.0481 e. The number of aromatic nitrogens is 2. The minimum atomic E-state index is 0.112. The molecule has 0 aliphatic heterocycles. The van der Waals surface area contributed by atoms with Crippen LogP contribution in [0, 0.1) is 6.92 Å². The van der Waals surface area contributed by atoms with Gasteiger partial charge < -0.3 is 0 Å². The average molecular weight is 242 g/mol. The van der Waals surface area contributed by atoms with E-state index in [2.05, 4.69) is 22.3 Å². The second-order valence-corrected chi connectivity index (χ2v) is 4.31. The predicted octanol–water partition coefficient (Wildman–Crippen LogP) is 1.92. The minimum Gasteiger partial charge on any atom is -0.271 e. The first-order chi connectivity index (χ1) is 8.81. The lowest BCUT2D eigenvalue weighted by Gasteiger charge is -2.17. The molecule has 0 saturated heterocycles. The first-order valence-electron chi connectivity index (χ1n) is 6.08. The summed E-state index contributed by atoms with van der Waals surface area (Å²) in [6.45, 7) is 2.07. The van der Waals surface area contributed by atoms with Gasteiger partial charge in [0.05, 0.1) is 0 Å². The van der Waals surface area contributed by atoms with Crippen LogP contribution in [0.4, 0.5) is 0 Å². The Morgan fingerprint density at radius 1 is 1.28 bits per heavy atom. The molecule has 2 aromatic heterocycles. The van der Waals surface area contributed by atoms with Crippen LogP contribution in [0.1, 0.15) is 29.3 Å². The van der Waals surface area contributed by atoms with Gasteiger partial charge in [0.1, 0.15) is 0 Å². The topological polar surface area (TPSA) is 63.8 Å². The quantitative estimate of drug-likeness (QED) is 0.621. The molecule has 4 heteroatoms. The maximum absolute atomic E-state index is 5.64. The van der Waals surface area contributed by atoms with Crippen molar-refractivity contribution in [3.63, 3.8) is 0 Å². The van der Waals surface area contributed by atoms with Crippen LogP contribution >= 0.6 is 0 Å². The largest absolute Gasteiger partial charge is 0.271 e. The second-order valence-electron chi connectivity index (χ2n) is 4.31. The molecule has 0 spiro atoms. The van der Waals surface area contributed by atoms with Gasteiger partial charge in [0.25, 0.3) is 0 Å². The van der Waals surface area contributed by atoms with E-state index < -0.39 is 0 Å². The van der Waals surface area contributed by atoms with Gasteiger partial charge in [-0.15, -0.1) is 0 Å². The van der Waals surface area contributed by atoms with Gasteiger partial charge >= 0.3 is 0 Å². The summed E-state index contributed by atoms with van der Waals surface area (Å²) in [4.78, 5) is 8.48. The van der Waals surface area contributed by atoms with Crippen molar-refractivity contribution in [1.29, 1.82) is 0 Å². The number of nitrogens with zero attached hydrogens (tertiary/aromatic N) is 2. The third-order valence-corrected chi connectivity index (χ3v) is 3.07. The fraction of sp³-hybridized carbons (Fsp3) is 0.286. The van der Waals surface area contributed by atoms with Crippen molar-refractivity contribution in [2.75, 3.05) is 0 Å². The molecule has 0 amide bonds. The lowest BCUT2D eigenvalue weighted by atomic mass is 9.99. The Morgan fingerprint density at radius 3 is 2.83 bits per heavy atom. The van der Waals surface area contributed by atoms with E-state index in [1.165, 1.54) is 5.56 Å². The Bertz CT molecular complexity index is 484. The first kappa shape index (κ1) is 12.7. The molecule has 1 atom stereocenters. The van der Waals surface area contributed by atoms with Crippen LogP contribution < -0.4 is 11.3 Å². The van der Waals surface area contributed by atoms with Gasteiger partial charge in [-0.1, -0.05) is 6.07 Å². The number of pyridine rings is 2. The third-order valence-electron chi connectivity index (χ3n) is 3.07. The molecule has 0 fully saturated rings. The Balaban J connectivity index is 2.04. The lowest BCUT2D eigenvalue weighted by Crippen LogP contribution is -2.29. The fourth-order valence-electron chi connectivity index (χ4n) is 2.01. The number of hydrogen-bond donors (Lipinski definition) is 2. The molecule has 2 heterocycles. The van der Waals surface area contributed by atoms with E-state index in [0.29, 0.717) is 0 Å². The van der Waals surface area contributed by atoms with E-state index in [1.54, 1.807) is 6.20 Å². The maximum atomic E-state index is 5.64. The molecule has 18 heavy (non-hydrogen) atoms. The van der Waals surface area contributed by atoms with Crippen molar-refractivity contribution in [1.82, 2.24) is 15.4 Å². The molecule has 4 nitrogen and oxygen atoms in total. The zero-order chi connectivity index (χ0) is 12.8. The molecule has 94 valence electrons. The summed E-state index contributed by atoms with van der Waals surface area (Å²) in [5.74, 6) is 5.64. The zero-order valence-corrected chi connectivity index (χ0v) is 10.5. The molecular formula is C14H18N4. The molecule has 2 aromatic rings. The number of hydrazine groups is 1. The minimum absolute atomic E-state index is 0.112. The Labute approximate surface area is 107 Å². The first-order valence-corrected chi connectivity index (χ1v) is 6.08. The van der Waals surface area contributed by atoms with E-state index in [0.717, 1.165) is 24.1 Å². The zero-order valence-electron chi connectivity index (χ0n) is 10.5. The Hall–Kier alpha value is -1.78. The van der Waals surface area contributed by atoms with Gasteiger partial charge in [-0.05, 0) is 49.1 Å². The molecule has 0 saturated carbocycles. The summed E-state index contributed by atoms with van der Waals surface area (Å²) in [6.07, 6.45) is 7.28. The van der Waals surface area contributed by atoms with Crippen LogP contribution in [0.2, 0.25) is 0 Å². The highest BCUT2D eigenvalue weighted by Gasteiger charge is 2.12. The summed E-state index contributed by atoms with van der Waals surface area (Å²) in [5, 5.41) is 0. The fourth-order valence-corrected chi connectivity index (χ4v) is 2.01. The van der Waals surface area contributed by atoms with Crippen LogP contribution in [0.3, 0.4) is 0 Å². The highest BCUT2D eigenvalue weighted by Crippen LogP contribution is 2.20. The van der Waals surface area contributed by atoms with Gasteiger partial charge in [-0.3, -0.25) is 21.2 Å². The summed E-state index contributed by atoms with van der Waals surface area (Å²) in [6, 6.07) is 8.07. The van der Waals surface area contributed by atoms with Gasteiger partial charge in [-0.25, -0.2) is 0 Å². The van der Waals surface area contributed by atoms with Gasteiger partial charge in [0, 0.05) is 30.3 Å². The smallest absolute Gasteiger partial charge is 0.0481 e. The highest BCUT2D eigenvalue weighted by atomic mass is 15.2. The van der Waals surface area contributed by atoms with Gasteiger partial charge in [-0.2, -0.15) is 0 Å². The van der Waals surface area contributed by atoms with Crippen molar-refractivity contribution in [2.24, 2.45) is 5.84 Å². The number of nitrogens with one attached hydrogen (secondary N) is 1. The van der Waals surface area contributed by atoms with Crippen molar-refractivity contribution < 1.29 is 0 Å². The second kappa shape index (κ2) is 6.23. The van der Waals surface area contributed by atoms with E-state index in [-0.39, 0.29) is 6.04 Å². The van der Waals surface area contributed by atoms with Crippen molar-refractivity contribution >= 4 is 0 Å². The summed E-state index contributed by atoms with van der Waals surface area (Å²) < 4.78 is 0. The van der Waals surface area contributed by atoms with E-state index >= 15 is 0 Å². The van der Waals surface area contributed by atoms with Crippen LogP contribution in [0.15, 0.2) is 42.9 Å². The molecule has 0 aromatic carbocycles. The Kier molecular flexibility index (Phi) is 4.39. The Morgan fingerprint density at radius 2 is 2.17 bits per heavy atom. The summed E-state index contributed by atoms with van der Waals surface area (Å²) in [7, 11) is 0. The van der Waals surface area contributed by atoms with E-state index in [9.17, 15) is 0 Å². The van der Waals surface area contributed by atoms with Crippen molar-refractivity contribution in [3.8, 4) is 0 Å². The monoisotopic (exact) mass is 242 g/mol. The third kappa shape index (κ3) is 3.12. The molecule has 0 aliphatic rings.